The van der Waals surface area contributed by atoms with Crippen LogP contribution in [0.1, 0.15) is 25.7 Å². The first-order valence-electron chi connectivity index (χ1n) is 6.14. The number of nitrogens with zero attached hydrogens (tertiary/aromatic N) is 3. The number of hydrogen-bond donors (Lipinski definition) is 2. The molecule has 0 amide bonds. The maximum Gasteiger partial charge on any atom is 0.157 e. The lowest BCUT2D eigenvalue weighted by atomic mass is 10.2. The van der Waals surface area contributed by atoms with Crippen LogP contribution >= 0.6 is 0 Å². The van der Waals surface area contributed by atoms with Crippen LogP contribution in [0.4, 0.5) is 5.82 Å². The lowest BCUT2D eigenvalue weighted by Gasteiger charge is -2.05. The van der Waals surface area contributed by atoms with Gasteiger partial charge < -0.3 is 11.1 Å². The summed E-state index contributed by atoms with van der Waals surface area (Å²) in [5, 5.41) is 7.42. The van der Waals surface area contributed by atoms with Gasteiger partial charge in [0.05, 0.1) is 6.20 Å². The molecule has 0 atom stereocenters. The zero-order valence-corrected chi connectivity index (χ0v) is 9.97. The molecule has 0 aliphatic carbocycles. The molecule has 0 fully saturated rings. The van der Waals surface area contributed by atoms with Crippen LogP contribution < -0.4 is 11.1 Å². The molecule has 0 aromatic carbocycles. The van der Waals surface area contributed by atoms with E-state index >= 15 is 0 Å². The SMILES string of the molecule is NCCCCCCNc1ccn2nccc2n1. The van der Waals surface area contributed by atoms with Crippen LogP contribution in [0.2, 0.25) is 0 Å². The van der Waals surface area contributed by atoms with Crippen molar-refractivity contribution in [3.8, 4) is 0 Å². The maximum atomic E-state index is 5.44. The smallest absolute Gasteiger partial charge is 0.157 e. The van der Waals surface area contributed by atoms with Gasteiger partial charge in [-0.1, -0.05) is 12.8 Å². The van der Waals surface area contributed by atoms with Crippen molar-refractivity contribution in [1.82, 2.24) is 14.6 Å². The van der Waals surface area contributed by atoms with Crippen LogP contribution in [0.3, 0.4) is 0 Å². The summed E-state index contributed by atoms with van der Waals surface area (Å²) in [5.74, 6) is 0.914. The van der Waals surface area contributed by atoms with E-state index in [4.69, 9.17) is 5.73 Å². The quantitative estimate of drug-likeness (QED) is 0.714. The third-order valence-electron chi connectivity index (χ3n) is 2.70. The maximum absolute atomic E-state index is 5.44. The van der Waals surface area contributed by atoms with Crippen LogP contribution in [0, 0.1) is 0 Å². The highest BCUT2D eigenvalue weighted by molar-refractivity contribution is 5.45. The van der Waals surface area contributed by atoms with E-state index in [-0.39, 0.29) is 0 Å². The molecule has 0 unspecified atom stereocenters. The molecule has 0 aliphatic rings. The fraction of sp³-hybridized carbons (Fsp3) is 0.500. The zero-order chi connectivity index (χ0) is 11.9. The van der Waals surface area contributed by atoms with Crippen molar-refractivity contribution >= 4 is 11.5 Å². The summed E-state index contributed by atoms with van der Waals surface area (Å²) in [6.45, 7) is 1.76. The minimum absolute atomic E-state index is 0.798. The van der Waals surface area contributed by atoms with Gasteiger partial charge in [-0.3, -0.25) is 0 Å². The Morgan fingerprint density at radius 2 is 2.06 bits per heavy atom. The Morgan fingerprint density at radius 1 is 1.18 bits per heavy atom. The lowest BCUT2D eigenvalue weighted by molar-refractivity contribution is 0.661. The second-order valence-electron chi connectivity index (χ2n) is 4.08. The van der Waals surface area contributed by atoms with Crippen LogP contribution in [0.25, 0.3) is 5.65 Å². The molecule has 5 heteroatoms. The van der Waals surface area contributed by atoms with E-state index in [1.807, 2.05) is 18.3 Å². The Hall–Kier alpha value is -1.62. The normalized spacial score (nSPS) is 10.9. The largest absolute Gasteiger partial charge is 0.370 e. The van der Waals surface area contributed by atoms with Gasteiger partial charge >= 0.3 is 0 Å². The van der Waals surface area contributed by atoms with Crippen molar-refractivity contribution in [2.24, 2.45) is 5.73 Å². The van der Waals surface area contributed by atoms with Crippen molar-refractivity contribution in [2.75, 3.05) is 18.4 Å². The Balaban J connectivity index is 1.75. The number of unbranched alkanes of at least 4 members (excludes halogenated alkanes) is 3. The van der Waals surface area contributed by atoms with E-state index in [0.29, 0.717) is 0 Å². The third kappa shape index (κ3) is 3.42. The Bertz CT molecular complexity index is 451. The van der Waals surface area contributed by atoms with Gasteiger partial charge in [0.2, 0.25) is 0 Å². The first kappa shape index (κ1) is 11.9. The van der Waals surface area contributed by atoms with E-state index in [1.54, 1.807) is 10.7 Å². The molecule has 0 radical (unpaired) electrons. The van der Waals surface area contributed by atoms with E-state index in [1.165, 1.54) is 12.8 Å². The summed E-state index contributed by atoms with van der Waals surface area (Å²) in [7, 11) is 0. The average molecular weight is 233 g/mol. The third-order valence-corrected chi connectivity index (χ3v) is 2.70. The van der Waals surface area contributed by atoms with Gasteiger partial charge in [0, 0.05) is 18.8 Å². The number of hydrogen-bond acceptors (Lipinski definition) is 4. The van der Waals surface area contributed by atoms with E-state index < -0.39 is 0 Å². The van der Waals surface area contributed by atoms with Crippen molar-refractivity contribution in [3.05, 3.63) is 24.5 Å². The molecular weight excluding hydrogens is 214 g/mol. The summed E-state index contributed by atoms with van der Waals surface area (Å²) in [4.78, 5) is 4.44. The highest BCUT2D eigenvalue weighted by Gasteiger charge is 1.97. The molecule has 2 aromatic rings. The van der Waals surface area contributed by atoms with Crippen molar-refractivity contribution in [2.45, 2.75) is 25.7 Å². The second-order valence-corrected chi connectivity index (χ2v) is 4.08. The van der Waals surface area contributed by atoms with Gasteiger partial charge in [-0.2, -0.15) is 5.10 Å². The van der Waals surface area contributed by atoms with Crippen molar-refractivity contribution < 1.29 is 0 Å². The Morgan fingerprint density at radius 3 is 2.94 bits per heavy atom. The van der Waals surface area contributed by atoms with Crippen LogP contribution in [0.5, 0.6) is 0 Å². The molecular formula is C12H19N5. The van der Waals surface area contributed by atoms with Crippen LogP contribution in [0.15, 0.2) is 24.5 Å². The fourth-order valence-electron chi connectivity index (χ4n) is 1.75. The number of nitrogens with one attached hydrogen (secondary N) is 1. The molecule has 0 aliphatic heterocycles. The molecule has 2 heterocycles. The zero-order valence-electron chi connectivity index (χ0n) is 9.97. The molecule has 92 valence electrons. The van der Waals surface area contributed by atoms with Crippen molar-refractivity contribution in [1.29, 1.82) is 0 Å². The predicted octanol–water partition coefficient (Wildman–Crippen LogP) is 1.66. The molecule has 5 nitrogen and oxygen atoms in total. The molecule has 0 saturated carbocycles. The van der Waals surface area contributed by atoms with Crippen LogP contribution in [-0.2, 0) is 0 Å². The minimum Gasteiger partial charge on any atom is -0.370 e. The summed E-state index contributed by atoms with van der Waals surface area (Å²) >= 11 is 0. The number of fused-ring (bicyclic) bond motifs is 1. The molecule has 0 saturated heterocycles. The topological polar surface area (TPSA) is 68.2 Å². The molecule has 2 rings (SSSR count). The lowest BCUT2D eigenvalue weighted by Crippen LogP contribution is -2.05. The Kier molecular flexibility index (Phi) is 4.32. The summed E-state index contributed by atoms with van der Waals surface area (Å²) in [6.07, 6.45) is 8.39. The minimum atomic E-state index is 0.798. The fourth-order valence-corrected chi connectivity index (χ4v) is 1.75. The molecule has 2 aromatic heterocycles. The van der Waals surface area contributed by atoms with Gasteiger partial charge in [-0.15, -0.1) is 0 Å². The van der Waals surface area contributed by atoms with Gasteiger partial charge in [0.25, 0.3) is 0 Å². The summed E-state index contributed by atoms with van der Waals surface area (Å²) in [6, 6.07) is 3.84. The molecule has 0 spiro atoms. The number of aromatic nitrogens is 3. The Labute approximate surface area is 101 Å². The number of rotatable bonds is 7. The van der Waals surface area contributed by atoms with E-state index in [2.05, 4.69) is 15.4 Å². The molecule has 3 N–H and O–H groups in total. The first-order valence-corrected chi connectivity index (χ1v) is 6.14. The van der Waals surface area contributed by atoms with Gasteiger partial charge in [-0.05, 0) is 25.5 Å². The number of anilines is 1. The average Bonchev–Trinajstić information content (AvgIpc) is 2.81. The van der Waals surface area contributed by atoms with E-state index in [9.17, 15) is 0 Å². The number of nitrogens with two attached hydrogens (primary N) is 1. The van der Waals surface area contributed by atoms with Gasteiger partial charge in [-0.25, -0.2) is 9.50 Å². The molecule has 17 heavy (non-hydrogen) atoms. The summed E-state index contributed by atoms with van der Waals surface area (Å²) in [5.41, 5.74) is 6.32. The van der Waals surface area contributed by atoms with Crippen LogP contribution in [-0.4, -0.2) is 27.7 Å². The van der Waals surface area contributed by atoms with Gasteiger partial charge in [0.1, 0.15) is 5.82 Å². The highest BCUT2D eigenvalue weighted by atomic mass is 15.2. The first-order chi connectivity index (χ1) is 8.40. The molecule has 0 bridgehead atoms. The standard InChI is InChI=1S/C12H19N5/c13-7-3-1-2-4-8-14-11-6-10-17-12(16-11)5-9-15-17/h5-6,9-10H,1-4,7-8,13H2,(H,14,16). The predicted molar refractivity (Wildman–Crippen MR) is 69.0 cm³/mol. The van der Waals surface area contributed by atoms with E-state index in [0.717, 1.165) is 37.4 Å². The second kappa shape index (κ2) is 6.20. The highest BCUT2D eigenvalue weighted by Crippen LogP contribution is 2.06. The van der Waals surface area contributed by atoms with Gasteiger partial charge in [0.15, 0.2) is 5.65 Å². The summed E-state index contributed by atoms with van der Waals surface area (Å²) < 4.78 is 1.76. The van der Waals surface area contributed by atoms with Crippen molar-refractivity contribution in [3.63, 3.8) is 0 Å². The monoisotopic (exact) mass is 233 g/mol.